The van der Waals surface area contributed by atoms with Gasteiger partial charge >= 0.3 is 0 Å². The highest BCUT2D eigenvalue weighted by Gasteiger charge is 2.04. The van der Waals surface area contributed by atoms with Gasteiger partial charge in [-0.05, 0) is 32.0 Å². The number of carbonyl (C=O) groups is 1. The summed E-state index contributed by atoms with van der Waals surface area (Å²) in [6, 6.07) is 3.61. The molecule has 0 unspecified atom stereocenters. The number of halogens is 1. The van der Waals surface area contributed by atoms with E-state index in [0.29, 0.717) is 24.0 Å². The average Bonchev–Trinajstić information content (AvgIpc) is 2.29. The first-order valence-electron chi connectivity index (χ1n) is 5.53. The Balaban J connectivity index is 2.38. The molecule has 4 nitrogen and oxygen atoms in total. The molecule has 0 fully saturated rings. The molecule has 0 radical (unpaired) electrons. The maximum absolute atomic E-state index is 10.7. The van der Waals surface area contributed by atoms with Gasteiger partial charge < -0.3 is 14.8 Å². The van der Waals surface area contributed by atoms with Crippen LogP contribution in [0.5, 0.6) is 5.88 Å². The van der Waals surface area contributed by atoms with Crippen LogP contribution in [0.4, 0.5) is 0 Å². The topological polar surface area (TPSA) is 51.2 Å². The monoisotopic (exact) mass is 256 g/mol. The molecule has 1 aromatic rings. The number of nitrogens with one attached hydrogen (secondary N) is 1. The van der Waals surface area contributed by atoms with Crippen molar-refractivity contribution in [3.05, 3.63) is 22.8 Å². The minimum Gasteiger partial charge on any atom is -0.481 e. The van der Waals surface area contributed by atoms with E-state index in [9.17, 15) is 4.79 Å². The number of Topliss-reactive ketones (excluding diaryl/α,β-unsaturated/α-hetero) is 1. The minimum atomic E-state index is 0.220. The van der Waals surface area contributed by atoms with Crippen LogP contribution in [0.1, 0.15) is 25.3 Å². The van der Waals surface area contributed by atoms with Gasteiger partial charge in [-0.15, -0.1) is 0 Å². The molecule has 0 amide bonds. The van der Waals surface area contributed by atoms with Crippen LogP contribution in [0.2, 0.25) is 5.15 Å². The van der Waals surface area contributed by atoms with E-state index in [4.69, 9.17) is 16.3 Å². The third-order valence-electron chi connectivity index (χ3n) is 2.30. The third kappa shape index (κ3) is 5.15. The minimum absolute atomic E-state index is 0.220. The number of rotatable bonds is 7. The standard InChI is InChI=1S/C12H17ClN2O2/c1-9(16)4-3-7-14-8-10-5-6-11(13)15-12(10)17-2/h5-6,14H,3-4,7-8H2,1-2H3. The van der Waals surface area contributed by atoms with Crippen LogP contribution in [0.25, 0.3) is 0 Å². The molecule has 1 aromatic heterocycles. The summed E-state index contributed by atoms with van der Waals surface area (Å²) in [6.45, 7) is 3.06. The summed E-state index contributed by atoms with van der Waals surface area (Å²) in [6.07, 6.45) is 1.46. The molecule has 0 spiro atoms. The third-order valence-corrected chi connectivity index (χ3v) is 2.51. The fourth-order valence-corrected chi connectivity index (χ4v) is 1.58. The number of nitrogens with zero attached hydrogens (tertiary/aromatic N) is 1. The van der Waals surface area contributed by atoms with Gasteiger partial charge in [0.2, 0.25) is 5.88 Å². The van der Waals surface area contributed by atoms with E-state index >= 15 is 0 Å². The fourth-order valence-electron chi connectivity index (χ4n) is 1.44. The number of aromatic nitrogens is 1. The summed E-state index contributed by atoms with van der Waals surface area (Å²) in [5, 5.41) is 3.65. The van der Waals surface area contributed by atoms with E-state index in [1.165, 1.54) is 0 Å². The molecule has 0 aliphatic rings. The predicted octanol–water partition coefficient (Wildman–Crippen LogP) is 2.20. The van der Waals surface area contributed by atoms with E-state index < -0.39 is 0 Å². The van der Waals surface area contributed by atoms with Crippen LogP contribution in [0, 0.1) is 0 Å². The van der Waals surface area contributed by atoms with Crippen molar-refractivity contribution in [2.45, 2.75) is 26.3 Å². The van der Waals surface area contributed by atoms with Gasteiger partial charge in [-0.1, -0.05) is 11.6 Å². The highest BCUT2D eigenvalue weighted by atomic mass is 35.5. The van der Waals surface area contributed by atoms with Crippen LogP contribution in [-0.4, -0.2) is 24.4 Å². The molecule has 0 saturated heterocycles. The lowest BCUT2D eigenvalue weighted by Gasteiger charge is -2.08. The number of hydrogen-bond donors (Lipinski definition) is 1. The van der Waals surface area contributed by atoms with Gasteiger partial charge in [0.15, 0.2) is 0 Å². The molecule has 17 heavy (non-hydrogen) atoms. The molecule has 0 aliphatic carbocycles. The first-order chi connectivity index (χ1) is 8.13. The van der Waals surface area contributed by atoms with Gasteiger partial charge in [-0.25, -0.2) is 4.98 Å². The van der Waals surface area contributed by atoms with Gasteiger partial charge in [0.05, 0.1) is 7.11 Å². The Morgan fingerprint density at radius 2 is 2.29 bits per heavy atom. The van der Waals surface area contributed by atoms with Crippen molar-refractivity contribution < 1.29 is 9.53 Å². The molecule has 0 aliphatic heterocycles. The van der Waals surface area contributed by atoms with Crippen LogP contribution < -0.4 is 10.1 Å². The Labute approximate surface area is 106 Å². The summed E-state index contributed by atoms with van der Waals surface area (Å²) in [5.74, 6) is 0.758. The fraction of sp³-hybridized carbons (Fsp3) is 0.500. The molecular weight excluding hydrogens is 240 g/mol. The first-order valence-corrected chi connectivity index (χ1v) is 5.91. The predicted molar refractivity (Wildman–Crippen MR) is 67.4 cm³/mol. The number of methoxy groups -OCH3 is 1. The quantitative estimate of drug-likeness (QED) is 0.600. The first kappa shape index (κ1) is 13.9. The molecule has 1 N–H and O–H groups in total. The zero-order chi connectivity index (χ0) is 12.7. The maximum atomic E-state index is 10.7. The molecule has 5 heteroatoms. The van der Waals surface area contributed by atoms with Gasteiger partial charge in [0, 0.05) is 18.5 Å². The van der Waals surface area contributed by atoms with E-state index in [1.54, 1.807) is 20.1 Å². The maximum Gasteiger partial charge on any atom is 0.219 e. The number of ether oxygens (including phenoxy) is 1. The Hall–Kier alpha value is -1.13. The molecule has 0 bridgehead atoms. The molecule has 1 rings (SSSR count). The number of pyridine rings is 1. The van der Waals surface area contributed by atoms with Crippen LogP contribution in [-0.2, 0) is 11.3 Å². The van der Waals surface area contributed by atoms with Crippen LogP contribution in [0.15, 0.2) is 12.1 Å². The van der Waals surface area contributed by atoms with Crippen molar-refractivity contribution in [3.63, 3.8) is 0 Å². The van der Waals surface area contributed by atoms with Crippen molar-refractivity contribution >= 4 is 17.4 Å². The highest BCUT2D eigenvalue weighted by molar-refractivity contribution is 6.29. The Kier molecular flexibility index (Phi) is 5.94. The molecule has 94 valence electrons. The Bertz CT molecular complexity index is 383. The number of ketones is 1. The Morgan fingerprint density at radius 3 is 2.94 bits per heavy atom. The van der Waals surface area contributed by atoms with Crippen molar-refractivity contribution in [2.24, 2.45) is 0 Å². The lowest BCUT2D eigenvalue weighted by Crippen LogP contribution is -2.16. The smallest absolute Gasteiger partial charge is 0.219 e. The van der Waals surface area contributed by atoms with Gasteiger partial charge in [-0.3, -0.25) is 0 Å². The van der Waals surface area contributed by atoms with Crippen molar-refractivity contribution in [1.82, 2.24) is 10.3 Å². The van der Waals surface area contributed by atoms with Crippen molar-refractivity contribution in [3.8, 4) is 5.88 Å². The van der Waals surface area contributed by atoms with Crippen molar-refractivity contribution in [1.29, 1.82) is 0 Å². The normalized spacial score (nSPS) is 10.3. The Morgan fingerprint density at radius 1 is 1.53 bits per heavy atom. The van der Waals surface area contributed by atoms with Gasteiger partial charge in [-0.2, -0.15) is 0 Å². The lowest BCUT2D eigenvalue weighted by atomic mass is 10.2. The second kappa shape index (κ2) is 7.25. The average molecular weight is 257 g/mol. The van der Waals surface area contributed by atoms with Crippen LogP contribution >= 0.6 is 11.6 Å². The molecule has 0 saturated carbocycles. The second-order valence-corrected chi connectivity index (χ2v) is 4.17. The van der Waals surface area contributed by atoms with E-state index in [0.717, 1.165) is 18.5 Å². The van der Waals surface area contributed by atoms with Crippen LogP contribution in [0.3, 0.4) is 0 Å². The van der Waals surface area contributed by atoms with Gasteiger partial charge in [0.25, 0.3) is 0 Å². The largest absolute Gasteiger partial charge is 0.481 e. The zero-order valence-corrected chi connectivity index (χ0v) is 10.9. The SMILES string of the molecule is COc1nc(Cl)ccc1CNCCCC(C)=O. The van der Waals surface area contributed by atoms with Crippen molar-refractivity contribution in [2.75, 3.05) is 13.7 Å². The summed E-state index contributed by atoms with van der Waals surface area (Å²) in [5.41, 5.74) is 0.958. The zero-order valence-electron chi connectivity index (χ0n) is 10.1. The molecule has 1 heterocycles. The molecule has 0 atom stereocenters. The summed E-state index contributed by atoms with van der Waals surface area (Å²) in [7, 11) is 1.57. The number of carbonyl (C=O) groups excluding carboxylic acids is 1. The summed E-state index contributed by atoms with van der Waals surface area (Å²) < 4.78 is 5.13. The molecule has 0 aromatic carbocycles. The van der Waals surface area contributed by atoms with E-state index in [2.05, 4.69) is 10.3 Å². The summed E-state index contributed by atoms with van der Waals surface area (Å²) in [4.78, 5) is 14.8. The highest BCUT2D eigenvalue weighted by Crippen LogP contribution is 2.18. The molecular formula is C12H17ClN2O2. The van der Waals surface area contributed by atoms with E-state index in [-0.39, 0.29) is 5.78 Å². The van der Waals surface area contributed by atoms with Gasteiger partial charge in [0.1, 0.15) is 10.9 Å². The van der Waals surface area contributed by atoms with E-state index in [1.807, 2.05) is 6.07 Å². The summed E-state index contributed by atoms with van der Waals surface area (Å²) >= 11 is 5.77. The second-order valence-electron chi connectivity index (χ2n) is 3.78. The number of hydrogen-bond acceptors (Lipinski definition) is 4. The lowest BCUT2D eigenvalue weighted by molar-refractivity contribution is -0.117.